The molecule has 0 aliphatic carbocycles. The Bertz CT molecular complexity index is 1230. The summed E-state index contributed by atoms with van der Waals surface area (Å²) < 4.78 is 2.17. The second kappa shape index (κ2) is 5.74. The molecule has 4 aromatic heterocycles. The summed E-state index contributed by atoms with van der Waals surface area (Å²) in [6.07, 6.45) is 7.10. The van der Waals surface area contributed by atoms with Crippen LogP contribution in [0.1, 0.15) is 5.69 Å². The van der Waals surface area contributed by atoms with Gasteiger partial charge in [0.25, 0.3) is 0 Å². The maximum absolute atomic E-state index is 4.89. The van der Waals surface area contributed by atoms with Crippen molar-refractivity contribution in [1.82, 2.24) is 24.3 Å². The zero-order valence-electron chi connectivity index (χ0n) is 14.2. The zero-order valence-corrected chi connectivity index (χ0v) is 14.2. The molecule has 4 heterocycles. The number of benzene rings is 1. The van der Waals surface area contributed by atoms with Gasteiger partial charge in [0, 0.05) is 46.4 Å². The van der Waals surface area contributed by atoms with Crippen LogP contribution in [0.2, 0.25) is 0 Å². The van der Waals surface area contributed by atoms with Gasteiger partial charge in [-0.25, -0.2) is 19.9 Å². The molecule has 0 radical (unpaired) electrons. The summed E-state index contributed by atoms with van der Waals surface area (Å²) in [5.41, 5.74) is 6.11. The first-order valence-corrected chi connectivity index (χ1v) is 8.40. The highest BCUT2D eigenvalue weighted by atomic mass is 15.0. The summed E-state index contributed by atoms with van der Waals surface area (Å²) in [4.78, 5) is 17.9. The molecular formula is C21H15N5. The number of aryl methyl sites for hydroxylation is 1. The second-order valence-electron chi connectivity index (χ2n) is 6.19. The molecule has 0 unspecified atom stereocenters. The Kier molecular flexibility index (Phi) is 3.25. The third kappa shape index (κ3) is 2.18. The lowest BCUT2D eigenvalue weighted by atomic mass is 10.1. The van der Waals surface area contributed by atoms with Gasteiger partial charge in [0.1, 0.15) is 12.0 Å². The molecule has 124 valence electrons. The summed E-state index contributed by atoms with van der Waals surface area (Å²) in [6, 6.07) is 16.3. The number of hydrogen-bond donors (Lipinski definition) is 0. The summed E-state index contributed by atoms with van der Waals surface area (Å²) in [5, 5.41) is 0.994. The highest BCUT2D eigenvalue weighted by molar-refractivity contribution is 6.04. The highest BCUT2D eigenvalue weighted by Gasteiger charge is 2.17. The molecule has 0 N–H and O–H groups in total. The molecule has 0 aliphatic heterocycles. The average molecular weight is 337 g/mol. The van der Waals surface area contributed by atoms with Crippen LogP contribution in [-0.2, 0) is 0 Å². The van der Waals surface area contributed by atoms with Gasteiger partial charge in [-0.3, -0.25) is 4.40 Å². The van der Waals surface area contributed by atoms with E-state index in [0.717, 1.165) is 44.8 Å². The van der Waals surface area contributed by atoms with Crippen molar-refractivity contribution in [2.24, 2.45) is 0 Å². The van der Waals surface area contributed by atoms with E-state index in [1.807, 2.05) is 48.9 Å². The number of nitrogens with zero attached hydrogens (tertiary/aromatic N) is 5. The van der Waals surface area contributed by atoms with Crippen molar-refractivity contribution in [3.05, 3.63) is 79.1 Å². The van der Waals surface area contributed by atoms with Crippen molar-refractivity contribution in [3.63, 3.8) is 0 Å². The first-order valence-electron chi connectivity index (χ1n) is 8.40. The third-order valence-corrected chi connectivity index (χ3v) is 4.57. The fourth-order valence-electron chi connectivity index (χ4n) is 3.41. The van der Waals surface area contributed by atoms with Crippen molar-refractivity contribution in [3.8, 4) is 22.5 Å². The SMILES string of the molecule is Cc1cccc2c(-c3cncnc3)c3cnc(-c4ccccc4)nc3n12. The van der Waals surface area contributed by atoms with Gasteiger partial charge in [-0.05, 0) is 19.1 Å². The summed E-state index contributed by atoms with van der Waals surface area (Å²) >= 11 is 0. The van der Waals surface area contributed by atoms with E-state index >= 15 is 0 Å². The van der Waals surface area contributed by atoms with E-state index in [-0.39, 0.29) is 0 Å². The first kappa shape index (κ1) is 14.7. The number of pyridine rings is 1. The topological polar surface area (TPSA) is 56.0 Å². The Labute approximate surface area is 150 Å². The van der Waals surface area contributed by atoms with Crippen molar-refractivity contribution >= 4 is 16.6 Å². The Morgan fingerprint density at radius 3 is 2.42 bits per heavy atom. The van der Waals surface area contributed by atoms with Gasteiger partial charge < -0.3 is 0 Å². The van der Waals surface area contributed by atoms with E-state index in [4.69, 9.17) is 4.98 Å². The molecule has 0 atom stereocenters. The Hall–Kier alpha value is -3.60. The number of fused-ring (bicyclic) bond motifs is 3. The molecule has 5 heteroatoms. The number of rotatable bonds is 2. The molecule has 26 heavy (non-hydrogen) atoms. The van der Waals surface area contributed by atoms with Crippen LogP contribution in [0.5, 0.6) is 0 Å². The van der Waals surface area contributed by atoms with Crippen LogP contribution in [0.3, 0.4) is 0 Å². The minimum atomic E-state index is 0.719. The second-order valence-corrected chi connectivity index (χ2v) is 6.19. The maximum atomic E-state index is 4.89. The van der Waals surface area contributed by atoms with Crippen LogP contribution in [-0.4, -0.2) is 24.3 Å². The Morgan fingerprint density at radius 1 is 0.808 bits per heavy atom. The van der Waals surface area contributed by atoms with Crippen LogP contribution >= 0.6 is 0 Å². The van der Waals surface area contributed by atoms with Gasteiger partial charge in [-0.2, -0.15) is 0 Å². The molecule has 1 aromatic carbocycles. The van der Waals surface area contributed by atoms with Crippen molar-refractivity contribution in [1.29, 1.82) is 0 Å². The maximum Gasteiger partial charge on any atom is 0.161 e. The number of hydrogen-bond acceptors (Lipinski definition) is 4. The van der Waals surface area contributed by atoms with Gasteiger partial charge in [-0.1, -0.05) is 36.4 Å². The molecular weight excluding hydrogens is 322 g/mol. The highest BCUT2D eigenvalue weighted by Crippen LogP contribution is 2.35. The molecule has 5 rings (SSSR count). The van der Waals surface area contributed by atoms with E-state index in [1.54, 1.807) is 6.33 Å². The van der Waals surface area contributed by atoms with E-state index in [0.29, 0.717) is 0 Å². The molecule has 0 amide bonds. The molecule has 5 nitrogen and oxygen atoms in total. The lowest BCUT2D eigenvalue weighted by Gasteiger charge is -2.03. The average Bonchev–Trinajstić information content (AvgIpc) is 3.04. The molecule has 0 saturated carbocycles. The van der Waals surface area contributed by atoms with Gasteiger partial charge in [0.2, 0.25) is 0 Å². The first-order chi connectivity index (χ1) is 12.8. The fourth-order valence-corrected chi connectivity index (χ4v) is 3.41. The molecule has 0 aliphatic rings. The molecule has 0 saturated heterocycles. The smallest absolute Gasteiger partial charge is 0.161 e. The van der Waals surface area contributed by atoms with Crippen molar-refractivity contribution < 1.29 is 0 Å². The molecule has 0 fully saturated rings. The van der Waals surface area contributed by atoms with E-state index in [2.05, 4.69) is 44.5 Å². The Balaban J connectivity index is 1.89. The van der Waals surface area contributed by atoms with Crippen molar-refractivity contribution in [2.45, 2.75) is 6.92 Å². The lowest BCUT2D eigenvalue weighted by molar-refractivity contribution is 1.10. The van der Waals surface area contributed by atoms with E-state index in [9.17, 15) is 0 Å². The van der Waals surface area contributed by atoms with Crippen LogP contribution in [0.15, 0.2) is 73.4 Å². The lowest BCUT2D eigenvalue weighted by Crippen LogP contribution is -1.94. The predicted octanol–water partition coefficient (Wildman–Crippen LogP) is 4.31. The predicted molar refractivity (Wildman–Crippen MR) is 102 cm³/mol. The van der Waals surface area contributed by atoms with E-state index in [1.165, 1.54) is 0 Å². The standard InChI is InChI=1S/C21H15N5/c1-14-6-5-9-18-19(16-10-22-13-23-11-16)17-12-24-20(25-21(17)26(14)18)15-7-3-2-4-8-15/h2-13H,1H3. The zero-order chi connectivity index (χ0) is 17.5. The quantitative estimate of drug-likeness (QED) is 0.481. The minimum Gasteiger partial charge on any atom is -0.298 e. The largest absolute Gasteiger partial charge is 0.298 e. The van der Waals surface area contributed by atoms with Gasteiger partial charge in [0.15, 0.2) is 5.82 Å². The molecule has 0 bridgehead atoms. The van der Waals surface area contributed by atoms with Gasteiger partial charge in [-0.15, -0.1) is 0 Å². The monoisotopic (exact) mass is 337 g/mol. The van der Waals surface area contributed by atoms with Crippen LogP contribution in [0, 0.1) is 6.92 Å². The Morgan fingerprint density at radius 2 is 1.62 bits per heavy atom. The van der Waals surface area contributed by atoms with Crippen LogP contribution in [0.25, 0.3) is 39.1 Å². The van der Waals surface area contributed by atoms with E-state index < -0.39 is 0 Å². The van der Waals surface area contributed by atoms with Crippen LogP contribution in [0.4, 0.5) is 0 Å². The van der Waals surface area contributed by atoms with Crippen LogP contribution < -0.4 is 0 Å². The van der Waals surface area contributed by atoms with Gasteiger partial charge in [0.05, 0.1) is 5.52 Å². The fraction of sp³-hybridized carbons (Fsp3) is 0.0476. The third-order valence-electron chi connectivity index (χ3n) is 4.57. The van der Waals surface area contributed by atoms with Gasteiger partial charge >= 0.3 is 0 Å². The van der Waals surface area contributed by atoms with Crippen molar-refractivity contribution in [2.75, 3.05) is 0 Å². The minimum absolute atomic E-state index is 0.719. The molecule has 5 aromatic rings. The normalized spacial score (nSPS) is 11.3. The summed E-state index contributed by atoms with van der Waals surface area (Å²) in [7, 11) is 0. The summed E-state index contributed by atoms with van der Waals surface area (Å²) in [6.45, 7) is 2.09. The number of aromatic nitrogens is 5. The summed E-state index contributed by atoms with van der Waals surface area (Å²) in [5.74, 6) is 0.719. The molecule has 0 spiro atoms.